The van der Waals surface area contributed by atoms with Crippen LogP contribution in [0.3, 0.4) is 0 Å². The lowest BCUT2D eigenvalue weighted by molar-refractivity contribution is 0.477. The molecule has 1 aliphatic carbocycles. The van der Waals surface area contributed by atoms with E-state index in [4.69, 9.17) is 0 Å². The van der Waals surface area contributed by atoms with Crippen LogP contribution in [0.15, 0.2) is 18.2 Å². The highest BCUT2D eigenvalue weighted by atomic mass is 15.3. The zero-order valence-corrected chi connectivity index (χ0v) is 11.2. The number of para-hydroxylation sites is 1. The zero-order valence-electron chi connectivity index (χ0n) is 11.2. The Bertz CT molecular complexity index is 468. The van der Waals surface area contributed by atoms with Gasteiger partial charge < -0.3 is 10.2 Å². The molecule has 0 saturated heterocycles. The molecular weight excluding hydrogens is 220 g/mol. The largest absolute Gasteiger partial charge is 0.363 e. The van der Waals surface area contributed by atoms with Crippen molar-refractivity contribution in [2.75, 3.05) is 11.4 Å². The predicted molar refractivity (Wildman–Crippen MR) is 75.1 cm³/mol. The van der Waals surface area contributed by atoms with Gasteiger partial charge in [0.1, 0.15) is 0 Å². The molecule has 2 aliphatic heterocycles. The van der Waals surface area contributed by atoms with E-state index in [0.717, 1.165) is 25.0 Å². The molecule has 0 amide bonds. The van der Waals surface area contributed by atoms with Gasteiger partial charge in [-0.05, 0) is 30.4 Å². The maximum Gasteiger partial charge on any atom is 0.0453 e. The molecule has 0 aromatic heterocycles. The first-order valence-electron chi connectivity index (χ1n) is 7.51. The van der Waals surface area contributed by atoms with E-state index in [2.05, 4.69) is 35.3 Å². The Morgan fingerprint density at radius 3 is 3.17 bits per heavy atom. The van der Waals surface area contributed by atoms with E-state index >= 15 is 0 Å². The van der Waals surface area contributed by atoms with Crippen LogP contribution in [0.2, 0.25) is 0 Å². The Labute approximate surface area is 109 Å². The van der Waals surface area contributed by atoms with E-state index in [-0.39, 0.29) is 0 Å². The van der Waals surface area contributed by atoms with Crippen LogP contribution in [-0.2, 0) is 6.54 Å². The molecule has 1 saturated carbocycles. The van der Waals surface area contributed by atoms with Gasteiger partial charge in [0.05, 0.1) is 0 Å². The number of benzene rings is 1. The molecule has 0 radical (unpaired) electrons. The fourth-order valence-electron chi connectivity index (χ4n) is 4.44. The highest BCUT2D eigenvalue weighted by molar-refractivity contribution is 5.68. The molecule has 3 aliphatic rings. The maximum absolute atomic E-state index is 3.63. The summed E-state index contributed by atoms with van der Waals surface area (Å²) in [6.07, 6.45) is 5.47. The summed E-state index contributed by atoms with van der Waals surface area (Å²) >= 11 is 0. The molecule has 96 valence electrons. The van der Waals surface area contributed by atoms with E-state index in [9.17, 15) is 0 Å². The van der Waals surface area contributed by atoms with Gasteiger partial charge in [0.25, 0.3) is 0 Å². The van der Waals surface area contributed by atoms with Gasteiger partial charge in [-0.3, -0.25) is 0 Å². The van der Waals surface area contributed by atoms with E-state index in [1.165, 1.54) is 31.2 Å². The monoisotopic (exact) mass is 242 g/mol. The minimum atomic E-state index is 0.695. The molecule has 1 fully saturated rings. The average Bonchev–Trinajstić information content (AvgIpc) is 2.91. The lowest BCUT2D eigenvalue weighted by Crippen LogP contribution is -2.44. The Kier molecular flexibility index (Phi) is 2.41. The van der Waals surface area contributed by atoms with Crippen LogP contribution < -0.4 is 10.2 Å². The van der Waals surface area contributed by atoms with Crippen molar-refractivity contribution in [2.24, 2.45) is 0 Å². The van der Waals surface area contributed by atoms with Gasteiger partial charge in [0.15, 0.2) is 0 Å². The van der Waals surface area contributed by atoms with Crippen molar-refractivity contribution in [1.82, 2.24) is 5.32 Å². The van der Waals surface area contributed by atoms with Crippen LogP contribution in [0.4, 0.5) is 5.69 Å². The minimum Gasteiger partial charge on any atom is -0.363 e. The van der Waals surface area contributed by atoms with Crippen molar-refractivity contribution in [3.05, 3.63) is 29.3 Å². The minimum absolute atomic E-state index is 0.695. The standard InChI is InChI=1S/C16H22N2/c1-2-12-10-17-9-11-5-3-7-14-13-6-4-8-15(13)18(12)16(11)14/h3,5,7,12-13,15,17H,2,4,6,8-10H2,1H3. The third kappa shape index (κ3) is 1.33. The number of hydrogen-bond acceptors (Lipinski definition) is 2. The maximum atomic E-state index is 3.63. The number of anilines is 1. The SMILES string of the molecule is CCC1CNCc2cccc3c2N1C1CCCC31. The summed E-state index contributed by atoms with van der Waals surface area (Å²) in [6.45, 7) is 4.53. The number of fused-ring (bicyclic) bond motifs is 3. The van der Waals surface area contributed by atoms with Gasteiger partial charge in [0, 0.05) is 36.8 Å². The summed E-state index contributed by atoms with van der Waals surface area (Å²) in [5, 5.41) is 3.63. The van der Waals surface area contributed by atoms with Crippen molar-refractivity contribution in [2.45, 2.75) is 57.2 Å². The highest BCUT2D eigenvalue weighted by Crippen LogP contribution is 2.51. The summed E-state index contributed by atoms with van der Waals surface area (Å²) in [5.74, 6) is 0.826. The number of hydrogen-bond donors (Lipinski definition) is 1. The van der Waals surface area contributed by atoms with E-state index in [1.807, 2.05) is 0 Å². The normalized spacial score (nSPS) is 33.2. The third-order valence-electron chi connectivity index (χ3n) is 5.21. The summed E-state index contributed by atoms with van der Waals surface area (Å²) in [7, 11) is 0. The van der Waals surface area contributed by atoms with Gasteiger partial charge in [0.2, 0.25) is 0 Å². The molecular formula is C16H22N2. The van der Waals surface area contributed by atoms with E-state index in [0.29, 0.717) is 6.04 Å². The van der Waals surface area contributed by atoms with Crippen molar-refractivity contribution >= 4 is 5.69 Å². The fourth-order valence-corrected chi connectivity index (χ4v) is 4.44. The van der Waals surface area contributed by atoms with Gasteiger partial charge in [-0.2, -0.15) is 0 Å². The Hall–Kier alpha value is -1.02. The van der Waals surface area contributed by atoms with Crippen molar-refractivity contribution < 1.29 is 0 Å². The fraction of sp³-hybridized carbons (Fsp3) is 0.625. The molecule has 0 spiro atoms. The third-order valence-corrected chi connectivity index (χ3v) is 5.21. The lowest BCUT2D eigenvalue weighted by Gasteiger charge is -2.34. The topological polar surface area (TPSA) is 15.3 Å². The van der Waals surface area contributed by atoms with Crippen molar-refractivity contribution in [3.63, 3.8) is 0 Å². The summed E-state index contributed by atoms with van der Waals surface area (Å²) in [4.78, 5) is 2.79. The molecule has 3 unspecified atom stereocenters. The van der Waals surface area contributed by atoms with Gasteiger partial charge in [-0.1, -0.05) is 31.5 Å². The van der Waals surface area contributed by atoms with Crippen molar-refractivity contribution in [1.29, 1.82) is 0 Å². The molecule has 2 heterocycles. The molecule has 1 aromatic carbocycles. The first-order valence-corrected chi connectivity index (χ1v) is 7.51. The summed E-state index contributed by atoms with van der Waals surface area (Å²) < 4.78 is 0. The first kappa shape index (κ1) is 10.9. The predicted octanol–water partition coefficient (Wildman–Crippen LogP) is 3.02. The second-order valence-corrected chi connectivity index (χ2v) is 6.06. The van der Waals surface area contributed by atoms with Crippen LogP contribution in [0.25, 0.3) is 0 Å². The summed E-state index contributed by atoms with van der Waals surface area (Å²) in [5.41, 5.74) is 4.78. The van der Waals surface area contributed by atoms with Crippen molar-refractivity contribution in [3.8, 4) is 0 Å². The average molecular weight is 242 g/mol. The Morgan fingerprint density at radius 1 is 1.33 bits per heavy atom. The molecule has 2 nitrogen and oxygen atoms in total. The van der Waals surface area contributed by atoms with Crippen LogP contribution in [0.1, 0.15) is 49.7 Å². The highest BCUT2D eigenvalue weighted by Gasteiger charge is 2.45. The van der Waals surface area contributed by atoms with Gasteiger partial charge in [-0.15, -0.1) is 0 Å². The Morgan fingerprint density at radius 2 is 2.28 bits per heavy atom. The molecule has 3 atom stereocenters. The molecule has 1 N–H and O–H groups in total. The summed E-state index contributed by atoms with van der Waals surface area (Å²) in [6, 6.07) is 8.46. The lowest BCUT2D eigenvalue weighted by atomic mass is 9.96. The number of rotatable bonds is 1. The molecule has 2 heteroatoms. The first-order chi connectivity index (χ1) is 8.90. The second-order valence-electron chi connectivity index (χ2n) is 6.06. The van der Waals surface area contributed by atoms with Crippen LogP contribution in [-0.4, -0.2) is 18.6 Å². The van der Waals surface area contributed by atoms with Crippen LogP contribution in [0, 0.1) is 0 Å². The number of nitrogens with zero attached hydrogens (tertiary/aromatic N) is 1. The number of nitrogens with one attached hydrogen (secondary N) is 1. The molecule has 4 rings (SSSR count). The van der Waals surface area contributed by atoms with E-state index in [1.54, 1.807) is 11.3 Å². The molecule has 0 bridgehead atoms. The Balaban J connectivity index is 1.90. The van der Waals surface area contributed by atoms with Gasteiger partial charge in [-0.25, -0.2) is 0 Å². The second kappa shape index (κ2) is 3.99. The zero-order chi connectivity index (χ0) is 12.1. The van der Waals surface area contributed by atoms with Gasteiger partial charge >= 0.3 is 0 Å². The van der Waals surface area contributed by atoms with Crippen LogP contribution >= 0.6 is 0 Å². The van der Waals surface area contributed by atoms with Crippen LogP contribution in [0.5, 0.6) is 0 Å². The quantitative estimate of drug-likeness (QED) is 0.814. The molecule has 18 heavy (non-hydrogen) atoms. The smallest absolute Gasteiger partial charge is 0.0453 e. The molecule has 1 aromatic rings. The van der Waals surface area contributed by atoms with E-state index < -0.39 is 0 Å².